The lowest BCUT2D eigenvalue weighted by Crippen LogP contribution is -2.50. The molecule has 11 nitrogen and oxygen atoms in total. The van der Waals surface area contributed by atoms with E-state index in [1.165, 1.54) is 22.1 Å². The number of carboxylic acid groups (broad SMARTS) is 1. The number of rotatable bonds is 8. The molecule has 13 heteroatoms. The fourth-order valence-electron chi connectivity index (χ4n) is 5.10. The van der Waals surface area contributed by atoms with E-state index in [0.717, 1.165) is 5.56 Å². The third kappa shape index (κ3) is 5.16. The summed E-state index contributed by atoms with van der Waals surface area (Å²) in [6.45, 7) is 6.81. The number of carbonyl (C=O) groups is 1. The van der Waals surface area contributed by atoms with E-state index >= 15 is 0 Å². The first kappa shape index (κ1) is 28.5. The molecule has 2 N–H and O–H groups in total. The van der Waals surface area contributed by atoms with Crippen molar-refractivity contribution in [1.29, 1.82) is 5.26 Å². The number of pyridine rings is 2. The molecule has 6 rings (SSSR count). The Morgan fingerprint density at radius 3 is 2.72 bits per heavy atom. The Kier molecular flexibility index (Phi) is 7.47. The topological polar surface area (TPSA) is 152 Å². The Hall–Kier alpha value is -4.57. The highest BCUT2D eigenvalue weighted by atomic mass is 35.5. The molecule has 4 aromatic heterocycles. The van der Waals surface area contributed by atoms with Crippen LogP contribution in [0.3, 0.4) is 0 Å². The van der Waals surface area contributed by atoms with Crippen molar-refractivity contribution in [2.75, 3.05) is 19.7 Å². The average molecular weight is 617 g/mol. The third-order valence-corrected chi connectivity index (χ3v) is 8.62. The van der Waals surface area contributed by atoms with Gasteiger partial charge in [-0.3, -0.25) is 14.3 Å². The molecule has 0 unspecified atom stereocenters. The predicted octanol–water partition coefficient (Wildman–Crippen LogP) is 4.65. The summed E-state index contributed by atoms with van der Waals surface area (Å²) in [5, 5.41) is 23.4. The van der Waals surface area contributed by atoms with Gasteiger partial charge >= 0.3 is 5.97 Å². The van der Waals surface area contributed by atoms with E-state index < -0.39 is 5.97 Å². The monoisotopic (exact) mass is 616 g/mol. The minimum atomic E-state index is -1.03. The molecule has 0 spiro atoms. The van der Waals surface area contributed by atoms with Crippen LogP contribution in [0.4, 0.5) is 0 Å². The van der Waals surface area contributed by atoms with Crippen molar-refractivity contribution >= 4 is 50.0 Å². The Bertz CT molecular complexity index is 2050. The normalized spacial score (nSPS) is 13.2. The first-order valence-corrected chi connectivity index (χ1v) is 14.6. The number of nitrogens with zero attached hydrogens (tertiary/aromatic N) is 5. The van der Waals surface area contributed by atoms with Gasteiger partial charge in [-0.05, 0) is 45.0 Å². The van der Waals surface area contributed by atoms with Gasteiger partial charge in [-0.25, -0.2) is 14.8 Å². The summed E-state index contributed by atoms with van der Waals surface area (Å²) < 4.78 is 14.2. The zero-order valence-corrected chi connectivity index (χ0v) is 25.0. The van der Waals surface area contributed by atoms with Crippen LogP contribution in [0.5, 0.6) is 11.6 Å². The Labute approximate surface area is 254 Å². The van der Waals surface area contributed by atoms with Gasteiger partial charge in [0.05, 0.1) is 39.4 Å². The highest BCUT2D eigenvalue weighted by Crippen LogP contribution is 2.41. The second kappa shape index (κ2) is 11.3. The lowest BCUT2D eigenvalue weighted by molar-refractivity contribution is 0.0698. The van der Waals surface area contributed by atoms with Gasteiger partial charge in [0.15, 0.2) is 0 Å². The number of hydrogen-bond donors (Lipinski definition) is 2. The van der Waals surface area contributed by atoms with Crippen molar-refractivity contribution in [2.24, 2.45) is 0 Å². The molecule has 0 saturated carbocycles. The summed E-state index contributed by atoms with van der Waals surface area (Å²) in [4.78, 5) is 39.6. The second-order valence-corrected chi connectivity index (χ2v) is 11.8. The number of benzene rings is 1. The summed E-state index contributed by atoms with van der Waals surface area (Å²) in [5.74, 6) is 0.0352. The molecule has 0 atom stereocenters. The maximum Gasteiger partial charge on any atom is 0.339 e. The van der Waals surface area contributed by atoms with E-state index in [2.05, 4.69) is 26.3 Å². The molecule has 5 aromatic rings. The lowest BCUT2D eigenvalue weighted by Gasteiger charge is -2.27. The van der Waals surface area contributed by atoms with E-state index in [9.17, 15) is 20.0 Å². The molecule has 0 aliphatic carbocycles. The minimum absolute atomic E-state index is 0.0561. The molecule has 1 aliphatic rings. The maximum absolute atomic E-state index is 13.6. The van der Waals surface area contributed by atoms with E-state index in [4.69, 9.17) is 21.1 Å². The average Bonchev–Trinajstić information content (AvgIpc) is 3.28. The quantitative estimate of drug-likeness (QED) is 0.252. The number of aromatic carboxylic acids is 1. The van der Waals surface area contributed by atoms with Crippen LogP contribution in [0.25, 0.3) is 32.2 Å². The Morgan fingerprint density at radius 2 is 2.02 bits per heavy atom. The van der Waals surface area contributed by atoms with Crippen molar-refractivity contribution in [3.8, 4) is 28.8 Å². The summed E-state index contributed by atoms with van der Waals surface area (Å²) >= 11 is 7.75. The summed E-state index contributed by atoms with van der Waals surface area (Å²) in [6, 6.07) is 9.16. The van der Waals surface area contributed by atoms with Crippen LogP contribution in [0.1, 0.15) is 32.3 Å². The SMILES string of the molecule is Cc1cc(-c2cc(Cl)ccc2OCCn2c(C)nc3cnc(OC4CNC4)c(C#N)c3c2=O)c2sc(C)c(C(=O)O)c2n1. The van der Waals surface area contributed by atoms with Gasteiger partial charge in [0.1, 0.15) is 35.9 Å². The molecule has 1 fully saturated rings. The van der Waals surface area contributed by atoms with E-state index in [-0.39, 0.29) is 47.2 Å². The van der Waals surface area contributed by atoms with Crippen LogP contribution in [-0.2, 0) is 6.54 Å². The number of hydrogen-bond acceptors (Lipinski definition) is 10. The number of aryl methyl sites for hydroxylation is 3. The van der Waals surface area contributed by atoms with E-state index in [0.29, 0.717) is 61.6 Å². The molecule has 1 aliphatic heterocycles. The van der Waals surface area contributed by atoms with Crippen molar-refractivity contribution < 1.29 is 19.4 Å². The lowest BCUT2D eigenvalue weighted by atomic mass is 10.0. The van der Waals surface area contributed by atoms with Crippen LogP contribution in [0.15, 0.2) is 35.3 Å². The fraction of sp³-hybridized carbons (Fsp3) is 0.267. The number of aromatic nitrogens is 4. The molecule has 43 heavy (non-hydrogen) atoms. The van der Waals surface area contributed by atoms with Crippen LogP contribution in [0.2, 0.25) is 5.02 Å². The standard InChI is InChI=1S/C30H25ClN6O5S/c1-14-8-20(27-26(35-14)24(30(39)40)15(2)43-27)19-9-17(31)4-5-23(19)41-7-6-37-16(3)36-22-13-34-28(42-18-11-33-12-18)21(10-32)25(22)29(37)38/h4-5,8-9,13,18,33H,6-7,11-12H2,1-3H3,(H,39,40). The zero-order chi connectivity index (χ0) is 30.4. The molecule has 218 valence electrons. The first-order chi connectivity index (χ1) is 20.7. The van der Waals surface area contributed by atoms with Crippen LogP contribution < -0.4 is 20.3 Å². The van der Waals surface area contributed by atoms with Crippen LogP contribution in [-0.4, -0.2) is 56.4 Å². The summed E-state index contributed by atoms with van der Waals surface area (Å²) in [6.07, 6.45) is 1.34. The first-order valence-electron chi connectivity index (χ1n) is 13.4. The molecule has 0 amide bonds. The number of ether oxygens (including phenoxy) is 2. The van der Waals surface area contributed by atoms with Gasteiger partial charge in [-0.2, -0.15) is 5.26 Å². The summed E-state index contributed by atoms with van der Waals surface area (Å²) in [7, 11) is 0. The summed E-state index contributed by atoms with van der Waals surface area (Å²) in [5.41, 5.74) is 2.66. The highest BCUT2D eigenvalue weighted by molar-refractivity contribution is 7.20. The highest BCUT2D eigenvalue weighted by Gasteiger charge is 2.24. The van der Waals surface area contributed by atoms with Crippen LogP contribution in [0, 0.1) is 32.1 Å². The van der Waals surface area contributed by atoms with Gasteiger partial charge in [0.25, 0.3) is 5.56 Å². The Balaban J connectivity index is 1.34. The number of carboxylic acids is 1. The zero-order valence-electron chi connectivity index (χ0n) is 23.4. The molecule has 0 bridgehead atoms. The third-order valence-electron chi connectivity index (χ3n) is 7.25. The maximum atomic E-state index is 13.6. The van der Waals surface area contributed by atoms with Gasteiger partial charge < -0.3 is 19.9 Å². The predicted molar refractivity (Wildman–Crippen MR) is 163 cm³/mol. The molecule has 1 aromatic carbocycles. The van der Waals surface area contributed by atoms with Crippen molar-refractivity contribution in [1.82, 2.24) is 24.8 Å². The minimum Gasteiger partial charge on any atom is -0.491 e. The second-order valence-electron chi connectivity index (χ2n) is 10.1. The van der Waals surface area contributed by atoms with Gasteiger partial charge in [0, 0.05) is 39.8 Å². The van der Waals surface area contributed by atoms with Gasteiger partial charge in [0.2, 0.25) is 5.88 Å². The molecule has 1 saturated heterocycles. The van der Waals surface area contributed by atoms with Crippen LogP contribution >= 0.6 is 22.9 Å². The molecule has 0 radical (unpaired) electrons. The van der Waals surface area contributed by atoms with Crippen molar-refractivity contribution in [2.45, 2.75) is 33.4 Å². The number of nitrogens with one attached hydrogen (secondary N) is 1. The fourth-order valence-corrected chi connectivity index (χ4v) is 6.39. The van der Waals surface area contributed by atoms with E-state index in [1.807, 2.05) is 6.07 Å². The number of fused-ring (bicyclic) bond motifs is 2. The number of nitriles is 1. The smallest absolute Gasteiger partial charge is 0.339 e. The van der Waals surface area contributed by atoms with Gasteiger partial charge in [-0.1, -0.05) is 11.6 Å². The number of halogens is 1. The van der Waals surface area contributed by atoms with Crippen molar-refractivity contribution in [3.05, 3.63) is 73.4 Å². The van der Waals surface area contributed by atoms with Gasteiger partial charge in [-0.15, -0.1) is 11.3 Å². The largest absolute Gasteiger partial charge is 0.491 e. The molecular formula is C30H25ClN6O5S. The van der Waals surface area contributed by atoms with E-state index in [1.54, 1.807) is 39.0 Å². The molecular weight excluding hydrogens is 592 g/mol. The van der Waals surface area contributed by atoms with Crippen molar-refractivity contribution in [3.63, 3.8) is 0 Å². The Morgan fingerprint density at radius 1 is 1.23 bits per heavy atom. The number of thiophene rings is 1. The molecule has 5 heterocycles.